The van der Waals surface area contributed by atoms with Crippen molar-refractivity contribution >= 4 is 17.3 Å². The number of nitrogens with zero attached hydrogens (tertiary/aromatic N) is 2. The lowest BCUT2D eigenvalue weighted by molar-refractivity contribution is -0.384. The number of anilines is 1. The number of rotatable bonds is 6. The summed E-state index contributed by atoms with van der Waals surface area (Å²) in [5.41, 5.74) is -1.45. The molecule has 0 aromatic heterocycles. The van der Waals surface area contributed by atoms with Gasteiger partial charge in [-0.05, 0) is 34.0 Å². The highest BCUT2D eigenvalue weighted by molar-refractivity contribution is 5.90. The fourth-order valence-corrected chi connectivity index (χ4v) is 1.49. The van der Waals surface area contributed by atoms with E-state index >= 15 is 0 Å². The van der Waals surface area contributed by atoms with Crippen molar-refractivity contribution in [2.45, 2.75) is 19.4 Å². The molecule has 0 atom stereocenters. The predicted octanol–water partition coefficient (Wildman–Crippen LogP) is 2.18. The van der Waals surface area contributed by atoms with Gasteiger partial charge >= 0.3 is 5.97 Å². The molecule has 0 aliphatic heterocycles. The third-order valence-electron chi connectivity index (χ3n) is 3.43. The lowest BCUT2D eigenvalue weighted by Gasteiger charge is -2.33. The summed E-state index contributed by atoms with van der Waals surface area (Å²) in [5.74, 6) is -2.61. The number of carboxylic acids is 1. The summed E-state index contributed by atoms with van der Waals surface area (Å²) >= 11 is 0. The maximum absolute atomic E-state index is 13.5. The number of carboxylic acid groups (broad SMARTS) is 1. The molecule has 7 nitrogen and oxygen atoms in total. The number of likely N-dealkylation sites (N-methyl/N-ethyl adjacent to an activating group) is 1. The van der Waals surface area contributed by atoms with Crippen LogP contribution in [0.15, 0.2) is 12.1 Å². The van der Waals surface area contributed by atoms with E-state index in [1.165, 1.54) is 0 Å². The smallest absolute Gasteiger partial charge is 0.338 e. The van der Waals surface area contributed by atoms with E-state index in [4.69, 9.17) is 5.11 Å². The number of halogens is 1. The van der Waals surface area contributed by atoms with E-state index in [9.17, 15) is 19.3 Å². The molecule has 21 heavy (non-hydrogen) atoms. The third-order valence-corrected chi connectivity index (χ3v) is 3.43. The Kier molecular flexibility index (Phi) is 4.84. The minimum Gasteiger partial charge on any atom is -0.478 e. The first-order chi connectivity index (χ1) is 9.56. The highest BCUT2D eigenvalue weighted by Gasteiger charge is 2.25. The summed E-state index contributed by atoms with van der Waals surface area (Å²) in [5, 5.41) is 22.7. The normalized spacial score (nSPS) is 11.5. The number of nitro benzene ring substituents is 1. The van der Waals surface area contributed by atoms with Crippen molar-refractivity contribution in [1.82, 2.24) is 4.90 Å². The van der Waals surface area contributed by atoms with Crippen LogP contribution in [0.4, 0.5) is 15.8 Å². The fourth-order valence-electron chi connectivity index (χ4n) is 1.49. The molecule has 0 amide bonds. The Hall–Kier alpha value is -2.22. The van der Waals surface area contributed by atoms with E-state index in [-0.39, 0.29) is 11.2 Å². The van der Waals surface area contributed by atoms with Crippen LogP contribution in [0.2, 0.25) is 0 Å². The van der Waals surface area contributed by atoms with Gasteiger partial charge in [0.25, 0.3) is 5.69 Å². The van der Waals surface area contributed by atoms with E-state index in [0.29, 0.717) is 12.6 Å². The van der Waals surface area contributed by atoms with Crippen molar-refractivity contribution in [3.05, 3.63) is 33.6 Å². The highest BCUT2D eigenvalue weighted by Crippen LogP contribution is 2.28. The molecule has 0 spiro atoms. The van der Waals surface area contributed by atoms with Crippen molar-refractivity contribution in [2.75, 3.05) is 26.0 Å². The third kappa shape index (κ3) is 3.88. The van der Waals surface area contributed by atoms with Crippen LogP contribution in [0.5, 0.6) is 0 Å². The zero-order chi connectivity index (χ0) is 16.4. The molecule has 1 aromatic carbocycles. The van der Waals surface area contributed by atoms with Gasteiger partial charge in [0.05, 0.1) is 16.6 Å². The largest absolute Gasteiger partial charge is 0.478 e. The van der Waals surface area contributed by atoms with E-state index in [2.05, 4.69) is 5.32 Å². The Bertz CT molecular complexity index is 573. The topological polar surface area (TPSA) is 95.7 Å². The maximum atomic E-state index is 13.5. The molecule has 0 unspecified atom stereocenters. The lowest BCUT2D eigenvalue weighted by atomic mass is 10.0. The number of aromatic carboxylic acids is 1. The van der Waals surface area contributed by atoms with E-state index < -0.39 is 28.0 Å². The lowest BCUT2D eigenvalue weighted by Crippen LogP contribution is -2.44. The first kappa shape index (κ1) is 16.8. The molecule has 0 aliphatic carbocycles. The van der Waals surface area contributed by atoms with Crippen LogP contribution < -0.4 is 5.32 Å². The second kappa shape index (κ2) is 6.04. The van der Waals surface area contributed by atoms with Crippen molar-refractivity contribution in [3.63, 3.8) is 0 Å². The van der Waals surface area contributed by atoms with Crippen LogP contribution in [0.3, 0.4) is 0 Å². The van der Waals surface area contributed by atoms with Gasteiger partial charge in [0.15, 0.2) is 0 Å². The zero-order valence-electron chi connectivity index (χ0n) is 12.3. The minimum atomic E-state index is -1.47. The second-order valence-electron chi connectivity index (χ2n) is 5.47. The van der Waals surface area contributed by atoms with Crippen LogP contribution in [0, 0.1) is 15.9 Å². The summed E-state index contributed by atoms with van der Waals surface area (Å²) in [6.07, 6.45) is 0. The highest BCUT2D eigenvalue weighted by atomic mass is 19.1. The van der Waals surface area contributed by atoms with Crippen LogP contribution >= 0.6 is 0 Å². The summed E-state index contributed by atoms with van der Waals surface area (Å²) in [6.45, 7) is 4.15. The molecule has 0 heterocycles. The van der Waals surface area contributed by atoms with Crippen molar-refractivity contribution < 1.29 is 19.2 Å². The van der Waals surface area contributed by atoms with Gasteiger partial charge in [-0.1, -0.05) is 0 Å². The molecule has 2 N–H and O–H groups in total. The average molecular weight is 299 g/mol. The monoisotopic (exact) mass is 299 g/mol. The van der Waals surface area contributed by atoms with Crippen LogP contribution in [0.1, 0.15) is 24.2 Å². The molecular weight excluding hydrogens is 281 g/mol. The summed E-state index contributed by atoms with van der Waals surface area (Å²) < 4.78 is 13.5. The number of nitro groups is 1. The molecule has 0 radical (unpaired) electrons. The number of carbonyl (C=O) groups is 1. The van der Waals surface area contributed by atoms with Gasteiger partial charge in [0.1, 0.15) is 11.5 Å². The number of benzene rings is 1. The van der Waals surface area contributed by atoms with Gasteiger partial charge in [-0.15, -0.1) is 0 Å². The summed E-state index contributed by atoms with van der Waals surface area (Å²) in [6, 6.07) is 1.57. The summed E-state index contributed by atoms with van der Waals surface area (Å²) in [7, 11) is 3.70. The quantitative estimate of drug-likeness (QED) is 0.617. The molecule has 0 saturated carbocycles. The molecule has 0 fully saturated rings. The number of nitrogens with one attached hydrogen (secondary N) is 1. The Morgan fingerprint density at radius 2 is 2.05 bits per heavy atom. The first-order valence-corrected chi connectivity index (χ1v) is 6.19. The van der Waals surface area contributed by atoms with E-state index in [0.717, 1.165) is 6.07 Å². The van der Waals surface area contributed by atoms with Crippen LogP contribution in [-0.4, -0.2) is 47.1 Å². The van der Waals surface area contributed by atoms with Gasteiger partial charge in [-0.25, -0.2) is 9.18 Å². The fraction of sp³-hybridized carbons (Fsp3) is 0.462. The Morgan fingerprint density at radius 1 is 1.48 bits per heavy atom. The average Bonchev–Trinajstić information content (AvgIpc) is 2.36. The molecule has 116 valence electrons. The van der Waals surface area contributed by atoms with Gasteiger partial charge in [-0.2, -0.15) is 0 Å². The van der Waals surface area contributed by atoms with Gasteiger partial charge in [-0.3, -0.25) is 10.1 Å². The molecule has 0 saturated heterocycles. The maximum Gasteiger partial charge on any atom is 0.338 e. The standard InChI is InChI=1S/C13H18FN3O4/c1-13(2,16(3)4)7-15-10-5-8(12(18)19)9(14)6-11(10)17(20)21/h5-6,15H,7H2,1-4H3,(H,18,19). The molecule has 0 aliphatic rings. The van der Waals surface area contributed by atoms with E-state index in [1.54, 1.807) is 0 Å². The SMILES string of the molecule is CN(C)C(C)(C)CNc1cc(C(=O)O)c(F)cc1[N+](=O)[O-]. The van der Waals surface area contributed by atoms with E-state index in [1.807, 2.05) is 32.8 Å². The van der Waals surface area contributed by atoms with Gasteiger partial charge < -0.3 is 15.3 Å². The Balaban J connectivity index is 3.18. The zero-order valence-corrected chi connectivity index (χ0v) is 12.3. The second-order valence-corrected chi connectivity index (χ2v) is 5.47. The molecule has 1 aromatic rings. The van der Waals surface area contributed by atoms with Gasteiger partial charge in [0, 0.05) is 12.1 Å². The van der Waals surface area contributed by atoms with Crippen molar-refractivity contribution in [1.29, 1.82) is 0 Å². The Labute approximate surface area is 121 Å². The van der Waals surface area contributed by atoms with Crippen LogP contribution in [0.25, 0.3) is 0 Å². The van der Waals surface area contributed by atoms with Crippen LogP contribution in [-0.2, 0) is 0 Å². The van der Waals surface area contributed by atoms with Gasteiger partial charge in [0.2, 0.25) is 0 Å². The molecule has 0 bridgehead atoms. The van der Waals surface area contributed by atoms with Crippen molar-refractivity contribution in [3.8, 4) is 0 Å². The molecule has 1 rings (SSSR count). The summed E-state index contributed by atoms with van der Waals surface area (Å²) in [4.78, 5) is 23.0. The number of hydrogen-bond donors (Lipinski definition) is 2. The number of hydrogen-bond acceptors (Lipinski definition) is 5. The minimum absolute atomic E-state index is 0.0197. The predicted molar refractivity (Wildman–Crippen MR) is 76.3 cm³/mol. The first-order valence-electron chi connectivity index (χ1n) is 6.19. The molecule has 8 heteroatoms. The molecular formula is C13H18FN3O4. The van der Waals surface area contributed by atoms with Crippen molar-refractivity contribution in [2.24, 2.45) is 0 Å². The Morgan fingerprint density at radius 3 is 2.48 bits per heavy atom.